The van der Waals surface area contributed by atoms with Gasteiger partial charge in [-0.05, 0) is 23.8 Å². The summed E-state index contributed by atoms with van der Waals surface area (Å²) in [6.45, 7) is 0. The van der Waals surface area contributed by atoms with E-state index in [9.17, 15) is 9.59 Å². The molecular weight excluding hydrogens is 268 g/mol. The SMILES string of the molecule is COC(=O)c1cc(N)cc(NC(=O)Cc2ccccc2)c1. The third-order valence-corrected chi connectivity index (χ3v) is 2.87. The number of carbonyl (C=O) groups excluding carboxylic acids is 2. The summed E-state index contributed by atoms with van der Waals surface area (Å²) in [5, 5.41) is 2.72. The molecule has 0 saturated carbocycles. The molecule has 0 atom stereocenters. The van der Waals surface area contributed by atoms with Crippen LogP contribution in [0.25, 0.3) is 0 Å². The van der Waals surface area contributed by atoms with Gasteiger partial charge in [0.2, 0.25) is 5.91 Å². The van der Waals surface area contributed by atoms with Gasteiger partial charge in [0.1, 0.15) is 0 Å². The molecule has 2 rings (SSSR count). The number of hydrogen-bond donors (Lipinski definition) is 2. The quantitative estimate of drug-likeness (QED) is 0.666. The monoisotopic (exact) mass is 284 g/mol. The summed E-state index contributed by atoms with van der Waals surface area (Å²) in [7, 11) is 1.29. The Hall–Kier alpha value is -2.82. The van der Waals surface area contributed by atoms with Crippen molar-refractivity contribution in [2.24, 2.45) is 0 Å². The number of hydrogen-bond acceptors (Lipinski definition) is 4. The van der Waals surface area contributed by atoms with E-state index in [1.165, 1.54) is 19.2 Å². The molecule has 0 aliphatic carbocycles. The summed E-state index contributed by atoms with van der Waals surface area (Å²) in [6.07, 6.45) is 0.253. The second-order valence-corrected chi connectivity index (χ2v) is 4.55. The lowest BCUT2D eigenvalue weighted by Crippen LogP contribution is -2.15. The van der Waals surface area contributed by atoms with Crippen LogP contribution in [0, 0.1) is 0 Å². The first-order valence-corrected chi connectivity index (χ1v) is 6.41. The maximum Gasteiger partial charge on any atom is 0.337 e. The normalized spacial score (nSPS) is 9.95. The van der Waals surface area contributed by atoms with E-state index in [4.69, 9.17) is 5.73 Å². The summed E-state index contributed by atoms with van der Waals surface area (Å²) >= 11 is 0. The number of carbonyl (C=O) groups is 2. The van der Waals surface area contributed by atoms with Crippen molar-refractivity contribution >= 4 is 23.3 Å². The first-order chi connectivity index (χ1) is 10.1. The second-order valence-electron chi connectivity index (χ2n) is 4.55. The van der Waals surface area contributed by atoms with Crippen molar-refractivity contribution in [1.29, 1.82) is 0 Å². The van der Waals surface area contributed by atoms with Crippen LogP contribution >= 0.6 is 0 Å². The average Bonchev–Trinajstić information content (AvgIpc) is 2.46. The Kier molecular flexibility index (Phi) is 4.56. The molecule has 0 aliphatic rings. The highest BCUT2D eigenvalue weighted by molar-refractivity contribution is 5.96. The molecule has 0 spiro atoms. The maximum atomic E-state index is 12.0. The number of anilines is 2. The molecule has 5 nitrogen and oxygen atoms in total. The molecule has 0 radical (unpaired) electrons. The zero-order chi connectivity index (χ0) is 15.2. The minimum atomic E-state index is -0.499. The van der Waals surface area contributed by atoms with Crippen molar-refractivity contribution in [3.63, 3.8) is 0 Å². The highest BCUT2D eigenvalue weighted by atomic mass is 16.5. The number of amides is 1. The zero-order valence-corrected chi connectivity index (χ0v) is 11.6. The van der Waals surface area contributed by atoms with Gasteiger partial charge in [0.05, 0.1) is 19.1 Å². The van der Waals surface area contributed by atoms with Crippen LogP contribution < -0.4 is 11.1 Å². The van der Waals surface area contributed by atoms with E-state index in [1.54, 1.807) is 6.07 Å². The Morgan fingerprint density at radius 1 is 1.14 bits per heavy atom. The summed E-state index contributed by atoms with van der Waals surface area (Å²) in [5.41, 5.74) is 7.78. The number of rotatable bonds is 4. The smallest absolute Gasteiger partial charge is 0.337 e. The van der Waals surface area contributed by atoms with Gasteiger partial charge in [-0.2, -0.15) is 0 Å². The van der Waals surface area contributed by atoms with Crippen molar-refractivity contribution in [3.05, 3.63) is 59.7 Å². The molecule has 0 heterocycles. The number of nitrogens with one attached hydrogen (secondary N) is 1. The first kappa shape index (κ1) is 14.6. The van der Waals surface area contributed by atoms with Crippen LogP contribution in [0.4, 0.5) is 11.4 Å². The van der Waals surface area contributed by atoms with Crippen molar-refractivity contribution in [1.82, 2.24) is 0 Å². The zero-order valence-electron chi connectivity index (χ0n) is 11.6. The van der Waals surface area contributed by atoms with E-state index in [0.717, 1.165) is 5.56 Å². The molecule has 21 heavy (non-hydrogen) atoms. The van der Waals surface area contributed by atoms with Gasteiger partial charge in [-0.3, -0.25) is 4.79 Å². The fraction of sp³-hybridized carbons (Fsp3) is 0.125. The van der Waals surface area contributed by atoms with Gasteiger partial charge < -0.3 is 15.8 Å². The van der Waals surface area contributed by atoms with Crippen molar-refractivity contribution < 1.29 is 14.3 Å². The van der Waals surface area contributed by atoms with E-state index in [1.807, 2.05) is 30.3 Å². The van der Waals surface area contributed by atoms with Crippen LogP contribution in [-0.2, 0) is 16.0 Å². The Bertz CT molecular complexity index is 654. The van der Waals surface area contributed by atoms with Crippen molar-refractivity contribution in [3.8, 4) is 0 Å². The third-order valence-electron chi connectivity index (χ3n) is 2.87. The van der Waals surface area contributed by atoms with Gasteiger partial charge in [0.25, 0.3) is 0 Å². The van der Waals surface area contributed by atoms with Crippen molar-refractivity contribution in [2.75, 3.05) is 18.2 Å². The number of nitrogens with two attached hydrogens (primary N) is 1. The van der Waals surface area contributed by atoms with E-state index in [2.05, 4.69) is 10.1 Å². The molecule has 0 unspecified atom stereocenters. The minimum Gasteiger partial charge on any atom is -0.465 e. The molecule has 0 aliphatic heterocycles. The Balaban J connectivity index is 2.10. The Morgan fingerprint density at radius 3 is 2.52 bits per heavy atom. The van der Waals surface area contributed by atoms with Gasteiger partial charge >= 0.3 is 5.97 Å². The summed E-state index contributed by atoms with van der Waals surface area (Å²) in [6, 6.07) is 14.0. The first-order valence-electron chi connectivity index (χ1n) is 6.41. The molecule has 2 aromatic carbocycles. The standard InChI is InChI=1S/C16H16N2O3/c1-21-16(20)12-8-13(17)10-14(9-12)18-15(19)7-11-5-3-2-4-6-11/h2-6,8-10H,7,17H2,1H3,(H,18,19). The minimum absolute atomic E-state index is 0.178. The number of ether oxygens (including phenoxy) is 1. The van der Waals surface area contributed by atoms with Crippen LogP contribution in [0.2, 0.25) is 0 Å². The van der Waals surface area contributed by atoms with Gasteiger partial charge in [-0.25, -0.2) is 4.79 Å². The number of esters is 1. The fourth-order valence-corrected chi connectivity index (χ4v) is 1.95. The van der Waals surface area contributed by atoms with Crippen molar-refractivity contribution in [2.45, 2.75) is 6.42 Å². The molecule has 108 valence electrons. The predicted molar refractivity (Wildman–Crippen MR) is 81.0 cm³/mol. The Morgan fingerprint density at radius 2 is 1.86 bits per heavy atom. The van der Waals surface area contributed by atoms with E-state index in [-0.39, 0.29) is 12.3 Å². The summed E-state index contributed by atoms with van der Waals surface area (Å²) in [4.78, 5) is 23.5. The molecule has 0 saturated heterocycles. The van der Waals surface area contributed by atoms with Crippen LogP contribution in [0.15, 0.2) is 48.5 Å². The second kappa shape index (κ2) is 6.56. The predicted octanol–water partition coefficient (Wildman–Crippen LogP) is 2.24. The van der Waals surface area contributed by atoms with Crippen LogP contribution in [-0.4, -0.2) is 19.0 Å². The molecule has 5 heteroatoms. The van der Waals surface area contributed by atoms with Crippen LogP contribution in [0.3, 0.4) is 0 Å². The average molecular weight is 284 g/mol. The molecule has 3 N–H and O–H groups in total. The lowest BCUT2D eigenvalue weighted by Gasteiger charge is -2.08. The van der Waals surface area contributed by atoms with E-state index >= 15 is 0 Å². The van der Waals surface area contributed by atoms with Gasteiger partial charge in [-0.15, -0.1) is 0 Å². The highest BCUT2D eigenvalue weighted by Crippen LogP contribution is 2.17. The van der Waals surface area contributed by atoms with Gasteiger partial charge in [0, 0.05) is 11.4 Å². The van der Waals surface area contributed by atoms with Gasteiger partial charge in [-0.1, -0.05) is 30.3 Å². The molecule has 1 amide bonds. The lowest BCUT2D eigenvalue weighted by molar-refractivity contribution is -0.115. The Labute approximate surface area is 122 Å². The summed E-state index contributed by atoms with van der Waals surface area (Å²) < 4.78 is 4.64. The van der Waals surface area contributed by atoms with Crippen LogP contribution in [0.1, 0.15) is 15.9 Å². The van der Waals surface area contributed by atoms with Crippen LogP contribution in [0.5, 0.6) is 0 Å². The van der Waals surface area contributed by atoms with E-state index in [0.29, 0.717) is 16.9 Å². The largest absolute Gasteiger partial charge is 0.465 e. The fourth-order valence-electron chi connectivity index (χ4n) is 1.95. The third kappa shape index (κ3) is 4.07. The molecule has 0 aromatic heterocycles. The number of nitrogen functional groups attached to an aromatic ring is 1. The molecule has 2 aromatic rings. The van der Waals surface area contributed by atoms with Gasteiger partial charge in [0.15, 0.2) is 0 Å². The molecular formula is C16H16N2O3. The number of methoxy groups -OCH3 is 1. The number of benzene rings is 2. The maximum absolute atomic E-state index is 12.0. The summed E-state index contributed by atoms with van der Waals surface area (Å²) in [5.74, 6) is -0.677. The topological polar surface area (TPSA) is 81.4 Å². The van der Waals surface area contributed by atoms with E-state index < -0.39 is 5.97 Å². The highest BCUT2D eigenvalue weighted by Gasteiger charge is 2.10. The lowest BCUT2D eigenvalue weighted by atomic mass is 10.1. The molecule has 0 fully saturated rings. The molecule has 0 bridgehead atoms.